The lowest BCUT2D eigenvalue weighted by molar-refractivity contribution is -0.149. The zero-order chi connectivity index (χ0) is 9.26. The van der Waals surface area contributed by atoms with E-state index in [9.17, 15) is 4.79 Å². The first-order valence-electron chi connectivity index (χ1n) is 4.84. The normalized spacial score (nSPS) is 36.4. The molecule has 13 heavy (non-hydrogen) atoms. The molecule has 72 valence electrons. The molecule has 0 radical (unpaired) electrons. The smallest absolute Gasteiger partial charge is 0.338 e. The fourth-order valence-corrected chi connectivity index (χ4v) is 1.65. The third-order valence-corrected chi connectivity index (χ3v) is 2.41. The predicted octanol–water partition coefficient (Wildman–Crippen LogP) is 1.43. The Kier molecular flexibility index (Phi) is 2.36. The van der Waals surface area contributed by atoms with E-state index in [1.54, 1.807) is 0 Å². The van der Waals surface area contributed by atoms with Crippen molar-refractivity contribution in [1.82, 2.24) is 0 Å². The van der Waals surface area contributed by atoms with E-state index in [1.807, 2.05) is 0 Å². The van der Waals surface area contributed by atoms with Crippen LogP contribution in [0.15, 0.2) is 12.2 Å². The van der Waals surface area contributed by atoms with Crippen LogP contribution in [0.25, 0.3) is 0 Å². The van der Waals surface area contributed by atoms with Crippen molar-refractivity contribution >= 4 is 5.97 Å². The molecule has 3 atom stereocenters. The summed E-state index contributed by atoms with van der Waals surface area (Å²) in [7, 11) is 0. The molecule has 0 bridgehead atoms. The van der Waals surface area contributed by atoms with Crippen molar-refractivity contribution in [2.75, 3.05) is 0 Å². The molecule has 3 nitrogen and oxygen atoms in total. The van der Waals surface area contributed by atoms with E-state index >= 15 is 0 Å². The number of fused-ring (bicyclic) bond motifs is 1. The van der Waals surface area contributed by atoms with Gasteiger partial charge in [-0.15, -0.1) is 0 Å². The molecule has 2 heterocycles. The number of esters is 1. The molecule has 2 aliphatic heterocycles. The molecule has 0 aromatic rings. The molecule has 0 spiro atoms. The molecule has 0 aromatic carbocycles. The number of carbonyl (C=O) groups excluding carboxylic acids is 1. The fraction of sp³-hybridized carbons (Fsp3) is 0.700. The van der Waals surface area contributed by atoms with Crippen LogP contribution in [0.3, 0.4) is 0 Å². The van der Waals surface area contributed by atoms with E-state index < -0.39 is 0 Å². The molecule has 2 aliphatic rings. The molecular weight excluding hydrogens is 168 g/mol. The van der Waals surface area contributed by atoms with Gasteiger partial charge in [-0.05, 0) is 19.3 Å². The molecule has 2 saturated heterocycles. The van der Waals surface area contributed by atoms with Gasteiger partial charge < -0.3 is 9.47 Å². The van der Waals surface area contributed by atoms with Crippen LogP contribution in [0.5, 0.6) is 0 Å². The van der Waals surface area contributed by atoms with Crippen molar-refractivity contribution in [1.29, 1.82) is 0 Å². The molecule has 2 rings (SSSR count). The van der Waals surface area contributed by atoms with E-state index in [4.69, 9.17) is 9.47 Å². The first-order valence-corrected chi connectivity index (χ1v) is 4.84. The van der Waals surface area contributed by atoms with E-state index in [1.165, 1.54) is 0 Å². The molecule has 0 saturated carbocycles. The summed E-state index contributed by atoms with van der Waals surface area (Å²) in [4.78, 5) is 10.9. The highest BCUT2D eigenvalue weighted by atomic mass is 16.7. The lowest BCUT2D eigenvalue weighted by Crippen LogP contribution is -2.15. The summed E-state index contributed by atoms with van der Waals surface area (Å²) in [6, 6.07) is 0. The number of rotatable bonds is 4. The molecule has 0 amide bonds. The van der Waals surface area contributed by atoms with Crippen LogP contribution in [-0.2, 0) is 14.3 Å². The molecule has 0 aliphatic carbocycles. The first-order chi connectivity index (χ1) is 6.33. The topological polar surface area (TPSA) is 38.8 Å². The summed E-state index contributed by atoms with van der Waals surface area (Å²) in [5.41, 5.74) is 0. The maximum Gasteiger partial charge on any atom is 0.338 e. The number of hydrogen-bond donors (Lipinski definition) is 0. The van der Waals surface area contributed by atoms with Crippen LogP contribution in [0.1, 0.15) is 26.2 Å². The highest BCUT2D eigenvalue weighted by molar-refractivity contribution is 5.81. The summed E-state index contributed by atoms with van der Waals surface area (Å²) in [6.45, 7) is 2.10. The lowest BCUT2D eigenvalue weighted by atomic mass is 10.1. The fourth-order valence-electron chi connectivity index (χ4n) is 1.65. The minimum Gasteiger partial charge on any atom is -0.457 e. The molecule has 0 N–H and O–H groups in total. The number of epoxide rings is 1. The second-order valence-corrected chi connectivity index (χ2v) is 3.45. The maximum atomic E-state index is 10.9. The Hall–Kier alpha value is -0.830. The molecule has 3 heteroatoms. The van der Waals surface area contributed by atoms with Crippen molar-refractivity contribution in [3.8, 4) is 0 Å². The van der Waals surface area contributed by atoms with Gasteiger partial charge in [-0.3, -0.25) is 0 Å². The summed E-state index contributed by atoms with van der Waals surface area (Å²) < 4.78 is 10.2. The van der Waals surface area contributed by atoms with Gasteiger partial charge in [-0.2, -0.15) is 0 Å². The van der Waals surface area contributed by atoms with Crippen LogP contribution in [0, 0.1) is 0 Å². The molecule has 2 fully saturated rings. The van der Waals surface area contributed by atoms with Gasteiger partial charge in [0.25, 0.3) is 0 Å². The number of cyclic esters (lactones) is 1. The van der Waals surface area contributed by atoms with Gasteiger partial charge in [0.15, 0.2) is 6.10 Å². The van der Waals surface area contributed by atoms with E-state index in [2.05, 4.69) is 19.1 Å². The molecular formula is C10H14O3. The van der Waals surface area contributed by atoms with Crippen LogP contribution < -0.4 is 0 Å². The second-order valence-electron chi connectivity index (χ2n) is 3.45. The van der Waals surface area contributed by atoms with Gasteiger partial charge >= 0.3 is 5.97 Å². The van der Waals surface area contributed by atoms with Crippen molar-refractivity contribution in [3.05, 3.63) is 12.2 Å². The SMILES string of the molecule is CC/C=C/CC[C@H]1OC(=O)[C@@H]2O[C@H]12. The zero-order valence-electron chi connectivity index (χ0n) is 7.73. The monoisotopic (exact) mass is 182 g/mol. The standard InChI is InChI=1S/C10H14O3/c1-2-3-4-5-6-7-8-9(13-8)10(11)12-7/h3-4,7-9H,2,5-6H2,1H3/b4-3+/t7-,8-,9-/m1/s1. The van der Waals surface area contributed by atoms with E-state index in [0.717, 1.165) is 19.3 Å². The number of allylic oxidation sites excluding steroid dienone is 2. The van der Waals surface area contributed by atoms with Crippen molar-refractivity contribution in [3.63, 3.8) is 0 Å². The second kappa shape index (κ2) is 3.50. The Labute approximate surface area is 77.7 Å². The number of carbonyl (C=O) groups is 1. The minimum absolute atomic E-state index is 0.0130. The van der Waals surface area contributed by atoms with Gasteiger partial charge in [0, 0.05) is 0 Å². The predicted molar refractivity (Wildman–Crippen MR) is 47.2 cm³/mol. The highest BCUT2D eigenvalue weighted by Gasteiger charge is 2.58. The summed E-state index contributed by atoms with van der Waals surface area (Å²) in [5, 5.41) is 0. The largest absolute Gasteiger partial charge is 0.457 e. The highest BCUT2D eigenvalue weighted by Crippen LogP contribution is 2.37. The lowest BCUT2D eigenvalue weighted by Gasteiger charge is -2.08. The number of ether oxygens (including phenoxy) is 2. The summed E-state index contributed by atoms with van der Waals surface area (Å²) >= 11 is 0. The Bertz CT molecular complexity index is 234. The van der Waals surface area contributed by atoms with E-state index in [-0.39, 0.29) is 24.3 Å². The van der Waals surface area contributed by atoms with Gasteiger partial charge in [-0.1, -0.05) is 19.1 Å². The minimum atomic E-state index is -0.222. The van der Waals surface area contributed by atoms with E-state index in [0.29, 0.717) is 0 Å². The number of hydrogen-bond acceptors (Lipinski definition) is 3. The quantitative estimate of drug-likeness (QED) is 0.375. The Balaban J connectivity index is 1.71. The average Bonchev–Trinajstić information content (AvgIpc) is 2.84. The molecule has 0 aromatic heterocycles. The third-order valence-electron chi connectivity index (χ3n) is 2.41. The van der Waals surface area contributed by atoms with Gasteiger partial charge in [0.05, 0.1) is 0 Å². The Morgan fingerprint density at radius 2 is 2.31 bits per heavy atom. The van der Waals surface area contributed by atoms with Gasteiger partial charge in [0.2, 0.25) is 0 Å². The zero-order valence-corrected chi connectivity index (χ0v) is 7.73. The van der Waals surface area contributed by atoms with Crippen molar-refractivity contribution in [2.45, 2.75) is 44.5 Å². The van der Waals surface area contributed by atoms with Crippen LogP contribution in [0.4, 0.5) is 0 Å². The Morgan fingerprint density at radius 1 is 1.46 bits per heavy atom. The van der Waals surface area contributed by atoms with Gasteiger partial charge in [-0.25, -0.2) is 4.79 Å². The average molecular weight is 182 g/mol. The van der Waals surface area contributed by atoms with Crippen LogP contribution in [0.2, 0.25) is 0 Å². The van der Waals surface area contributed by atoms with Crippen LogP contribution in [-0.4, -0.2) is 24.3 Å². The van der Waals surface area contributed by atoms with Gasteiger partial charge in [0.1, 0.15) is 12.2 Å². The van der Waals surface area contributed by atoms with Crippen molar-refractivity contribution < 1.29 is 14.3 Å². The van der Waals surface area contributed by atoms with Crippen LogP contribution >= 0.6 is 0 Å². The first kappa shape index (κ1) is 8.75. The van der Waals surface area contributed by atoms with Crippen molar-refractivity contribution in [2.24, 2.45) is 0 Å². The third kappa shape index (κ3) is 1.75. The summed E-state index contributed by atoms with van der Waals surface area (Å²) in [5.74, 6) is -0.172. The maximum absolute atomic E-state index is 10.9. The summed E-state index contributed by atoms with van der Waals surface area (Å²) in [6.07, 6.45) is 7.04. The molecule has 0 unspecified atom stereocenters. The Morgan fingerprint density at radius 3 is 2.85 bits per heavy atom.